The molecule has 0 saturated carbocycles. The third kappa shape index (κ3) is 6.89. The summed E-state index contributed by atoms with van der Waals surface area (Å²) in [5.41, 5.74) is 0.351. The number of benzene rings is 4. The van der Waals surface area contributed by atoms with Gasteiger partial charge >= 0.3 is 16.1 Å². The van der Waals surface area contributed by atoms with Crippen molar-refractivity contribution in [2.45, 2.75) is 52.9 Å². The molecule has 0 aliphatic heterocycles. The standard InChI is InChI=1S/C31H32O6S2/c1-24-15-19-29(20-16-24)39(33,34)37-38(26-11-7-5-8-12-26,27-13-9-6-10-14-27)28-21-17-25(18-22-28)35-23-30(32)36-31(2,3)4/h5-22H,23H2,1-4H3/p+1. The van der Waals surface area contributed by atoms with Crippen molar-refractivity contribution < 1.29 is 26.3 Å². The maximum absolute atomic E-state index is 13.8. The first-order valence-corrected chi connectivity index (χ1v) is 15.5. The molecule has 6 nitrogen and oxygen atoms in total. The van der Waals surface area contributed by atoms with E-state index >= 15 is 0 Å². The number of esters is 1. The maximum atomic E-state index is 13.8. The molecule has 204 valence electrons. The number of carbonyl (C=O) groups excluding carboxylic acids is 1. The molecule has 0 aromatic heterocycles. The van der Waals surface area contributed by atoms with E-state index in [1.807, 2.05) is 79.7 Å². The fraction of sp³-hybridized carbons (Fsp3) is 0.194. The second-order valence-electron chi connectivity index (χ2n) is 9.92. The molecular weight excluding hydrogens is 532 g/mol. The third-order valence-electron chi connectivity index (χ3n) is 5.64. The Balaban J connectivity index is 1.79. The van der Waals surface area contributed by atoms with Crippen LogP contribution in [-0.2, 0) is 19.6 Å². The summed E-state index contributed by atoms with van der Waals surface area (Å²) in [6, 6.07) is 32.7. The van der Waals surface area contributed by atoms with Crippen molar-refractivity contribution in [2.75, 3.05) is 6.61 Å². The summed E-state index contributed by atoms with van der Waals surface area (Å²) in [7, 11) is -6.69. The van der Waals surface area contributed by atoms with Crippen LogP contribution in [0, 0.1) is 6.92 Å². The molecule has 0 unspecified atom stereocenters. The van der Waals surface area contributed by atoms with Crippen LogP contribution in [0.5, 0.6) is 5.75 Å². The first-order valence-electron chi connectivity index (χ1n) is 12.4. The molecule has 4 rings (SSSR count). The lowest BCUT2D eigenvalue weighted by atomic mass is 10.2. The predicted molar refractivity (Wildman–Crippen MR) is 154 cm³/mol. The van der Waals surface area contributed by atoms with Gasteiger partial charge in [0.15, 0.2) is 6.61 Å². The molecular formula is C31H33O6S2+. The van der Waals surface area contributed by atoms with Crippen molar-refractivity contribution in [1.29, 1.82) is 0 Å². The van der Waals surface area contributed by atoms with Gasteiger partial charge in [-0.1, -0.05) is 54.1 Å². The van der Waals surface area contributed by atoms with Crippen LogP contribution in [0.25, 0.3) is 0 Å². The molecule has 8 heteroatoms. The summed E-state index contributed by atoms with van der Waals surface area (Å²) in [5, 5.41) is 0. The van der Waals surface area contributed by atoms with E-state index in [0.29, 0.717) is 10.6 Å². The average molecular weight is 566 g/mol. The molecule has 1 N–H and O–H groups in total. The maximum Gasteiger partial charge on any atom is 0.422 e. The number of hydrogen-bond donors (Lipinski definition) is 0. The van der Waals surface area contributed by atoms with E-state index in [4.69, 9.17) is 13.1 Å². The summed E-state index contributed by atoms with van der Waals surface area (Å²) in [4.78, 5) is 14.5. The van der Waals surface area contributed by atoms with Crippen LogP contribution in [0.1, 0.15) is 26.3 Å². The number of hydrogen-bond acceptors (Lipinski definition) is 5. The molecule has 0 heterocycles. The number of rotatable bonds is 9. The Morgan fingerprint density at radius 2 is 1.15 bits per heavy atom. The number of aryl methyl sites for hydroxylation is 1. The molecule has 4 aromatic rings. The van der Waals surface area contributed by atoms with Crippen molar-refractivity contribution >= 4 is 26.4 Å². The molecule has 4 aromatic carbocycles. The zero-order valence-electron chi connectivity index (χ0n) is 22.4. The summed E-state index contributed by atoms with van der Waals surface area (Å²) in [5.74, 6) is -0.0141. The van der Waals surface area contributed by atoms with E-state index < -0.39 is 32.0 Å². The van der Waals surface area contributed by atoms with Crippen LogP contribution in [-0.4, -0.2) is 30.2 Å². The molecule has 0 aliphatic carbocycles. The molecule has 0 spiro atoms. The lowest BCUT2D eigenvalue weighted by molar-refractivity contribution is -0.157. The first kappa shape index (κ1) is 28.4. The molecule has 39 heavy (non-hydrogen) atoms. The lowest BCUT2D eigenvalue weighted by Crippen LogP contribution is -2.27. The van der Waals surface area contributed by atoms with Crippen molar-refractivity contribution in [1.82, 2.24) is 0 Å². The first-order chi connectivity index (χ1) is 18.5. The Labute approximate surface area is 232 Å². The van der Waals surface area contributed by atoms with Gasteiger partial charge in [-0.2, -0.15) is 0 Å². The summed E-state index contributed by atoms with van der Waals surface area (Å²) < 4.78 is 43.3. The van der Waals surface area contributed by atoms with E-state index in [9.17, 15) is 13.2 Å². The molecule has 0 saturated heterocycles. The predicted octanol–water partition coefficient (Wildman–Crippen LogP) is 7.39. The van der Waals surface area contributed by atoms with Crippen LogP contribution in [0.3, 0.4) is 0 Å². The molecule has 0 aliphatic rings. The van der Waals surface area contributed by atoms with Gasteiger partial charge in [0.25, 0.3) is 0 Å². The van der Waals surface area contributed by atoms with Crippen LogP contribution >= 0.6 is 10.3 Å². The minimum absolute atomic E-state index is 0.133. The fourth-order valence-electron chi connectivity index (χ4n) is 3.92. The fourth-order valence-corrected chi connectivity index (χ4v) is 9.40. The smallest absolute Gasteiger partial charge is 0.422 e. The van der Waals surface area contributed by atoms with Crippen LogP contribution in [0.2, 0.25) is 0 Å². The molecule has 0 bridgehead atoms. The van der Waals surface area contributed by atoms with E-state index in [1.54, 1.807) is 57.2 Å². The monoisotopic (exact) mass is 565 g/mol. The van der Waals surface area contributed by atoms with Crippen LogP contribution < -0.4 is 4.74 Å². The normalized spacial score (nSPS) is 12.5. The van der Waals surface area contributed by atoms with E-state index in [-0.39, 0.29) is 11.5 Å². The van der Waals surface area contributed by atoms with Crippen molar-refractivity contribution in [3.05, 3.63) is 115 Å². The highest BCUT2D eigenvalue weighted by atomic mass is 32.3. The summed E-state index contributed by atoms with van der Waals surface area (Å²) in [6.07, 6.45) is 0. The Morgan fingerprint density at radius 3 is 1.64 bits per heavy atom. The highest BCUT2D eigenvalue weighted by Gasteiger charge is 2.43. The van der Waals surface area contributed by atoms with Gasteiger partial charge in [-0.3, -0.25) is 3.63 Å². The lowest BCUT2D eigenvalue weighted by Gasteiger charge is -2.34. The van der Waals surface area contributed by atoms with E-state index in [1.165, 1.54) is 0 Å². The average Bonchev–Trinajstić information content (AvgIpc) is 2.91. The van der Waals surface area contributed by atoms with Gasteiger partial charge in [0, 0.05) is 0 Å². The molecule has 0 fully saturated rings. The Morgan fingerprint density at radius 1 is 0.692 bits per heavy atom. The summed E-state index contributed by atoms with van der Waals surface area (Å²) in [6.45, 7) is 7.05. The van der Waals surface area contributed by atoms with Gasteiger partial charge in [-0.05, 0) is 88.4 Å². The Bertz CT molecular complexity index is 1450. The third-order valence-corrected chi connectivity index (χ3v) is 11.0. The molecule has 0 amide bonds. The van der Waals surface area contributed by atoms with Crippen molar-refractivity contribution in [3.8, 4) is 5.75 Å². The summed E-state index contributed by atoms with van der Waals surface area (Å²) >= 11 is 0. The van der Waals surface area contributed by atoms with Gasteiger partial charge in [0.05, 0.1) is 25.0 Å². The largest absolute Gasteiger partial charge is 0.482 e. The van der Waals surface area contributed by atoms with Crippen molar-refractivity contribution in [2.24, 2.45) is 0 Å². The quantitative estimate of drug-likeness (QED) is 0.120. The van der Waals surface area contributed by atoms with E-state index in [2.05, 4.69) is 0 Å². The minimum atomic E-state index is -4.06. The topological polar surface area (TPSA) is 82.5 Å². The Hall–Kier alpha value is -3.59. The molecule has 0 atom stereocenters. The van der Waals surface area contributed by atoms with E-state index in [0.717, 1.165) is 15.4 Å². The van der Waals surface area contributed by atoms with Gasteiger partial charge in [0.1, 0.15) is 16.2 Å². The van der Waals surface area contributed by atoms with Gasteiger partial charge < -0.3 is 9.47 Å². The highest BCUT2D eigenvalue weighted by Crippen LogP contribution is 2.68. The van der Waals surface area contributed by atoms with Gasteiger partial charge in [0.2, 0.25) is 0 Å². The zero-order valence-corrected chi connectivity index (χ0v) is 24.0. The van der Waals surface area contributed by atoms with Crippen LogP contribution in [0.4, 0.5) is 0 Å². The van der Waals surface area contributed by atoms with Crippen molar-refractivity contribution in [3.63, 3.8) is 0 Å². The Kier molecular flexibility index (Phi) is 8.49. The molecule has 0 radical (unpaired) electrons. The SMILES string of the molecule is Cc1ccc(S(=O)(=O)[OH+]S(c2ccccc2)(c2ccccc2)c2ccc(OCC(=O)OC(C)(C)C)cc2)cc1. The van der Waals surface area contributed by atoms with Gasteiger partial charge in [-0.15, -0.1) is 8.42 Å². The second kappa shape index (κ2) is 11.7. The minimum Gasteiger partial charge on any atom is -0.482 e. The zero-order chi connectivity index (χ0) is 28.1. The second-order valence-corrected chi connectivity index (χ2v) is 14.5. The highest BCUT2D eigenvalue weighted by molar-refractivity contribution is 8.32. The number of ether oxygens (including phenoxy) is 2. The van der Waals surface area contributed by atoms with Gasteiger partial charge in [-0.25, -0.2) is 4.79 Å². The number of carbonyl (C=O) groups is 1. The van der Waals surface area contributed by atoms with Crippen LogP contribution in [0.15, 0.2) is 129 Å².